The zero-order valence-electron chi connectivity index (χ0n) is 18.0. The van der Waals surface area contributed by atoms with E-state index < -0.39 is 0 Å². The minimum absolute atomic E-state index is 0.385. The molecule has 0 amide bonds. The fourth-order valence-corrected chi connectivity index (χ4v) is 4.59. The molecule has 0 fully saturated rings. The largest absolute Gasteiger partial charge is 0.293 e. The molecule has 0 radical (unpaired) electrons. The second kappa shape index (κ2) is 13.8. The summed E-state index contributed by atoms with van der Waals surface area (Å²) in [6, 6.07) is 0.587. The molecule has 3 unspecified atom stereocenters. The van der Waals surface area contributed by atoms with Crippen molar-refractivity contribution in [3.05, 3.63) is 0 Å². The van der Waals surface area contributed by atoms with E-state index in [2.05, 4.69) is 33.9 Å². The normalized spacial score (nSPS) is 27.4. The van der Waals surface area contributed by atoms with Crippen LogP contribution < -0.4 is 0 Å². The number of aliphatic imine (C=N–C) groups is 1. The molecule has 1 rings (SSSR count). The standard InChI is InChI=1S/C24H47N/c1-5-9-17-22(7-3)23-18-15-13-11-12-14-16-20-24(8-4,21-25-23)19-10-6-2/h21-23H,5-20H2,1-4H3. The second-order valence-electron chi connectivity index (χ2n) is 8.64. The molecule has 1 heteroatoms. The van der Waals surface area contributed by atoms with Crippen molar-refractivity contribution < 1.29 is 0 Å². The zero-order chi connectivity index (χ0) is 18.4. The molecular weight excluding hydrogens is 302 g/mol. The Balaban J connectivity index is 2.92. The summed E-state index contributed by atoms with van der Waals surface area (Å²) in [5.74, 6) is 0.805. The van der Waals surface area contributed by atoms with Crippen molar-refractivity contribution >= 4 is 6.21 Å². The quantitative estimate of drug-likeness (QED) is 0.396. The molecular formula is C24H47N. The molecule has 0 aliphatic carbocycles. The highest BCUT2D eigenvalue weighted by molar-refractivity contribution is 5.66. The molecule has 3 atom stereocenters. The van der Waals surface area contributed by atoms with Crippen LogP contribution in [0.1, 0.15) is 130 Å². The van der Waals surface area contributed by atoms with Crippen molar-refractivity contribution in [3.8, 4) is 0 Å². The Morgan fingerprint density at radius 3 is 2.24 bits per heavy atom. The number of nitrogens with zero attached hydrogens (tertiary/aromatic N) is 1. The van der Waals surface area contributed by atoms with E-state index in [-0.39, 0.29) is 0 Å². The molecule has 0 aromatic carbocycles. The molecule has 25 heavy (non-hydrogen) atoms. The van der Waals surface area contributed by atoms with Gasteiger partial charge >= 0.3 is 0 Å². The zero-order valence-corrected chi connectivity index (χ0v) is 18.0. The molecule has 0 saturated carbocycles. The second-order valence-corrected chi connectivity index (χ2v) is 8.64. The first-order valence-electron chi connectivity index (χ1n) is 11.8. The van der Waals surface area contributed by atoms with E-state index in [1.165, 1.54) is 103 Å². The average molecular weight is 350 g/mol. The Morgan fingerprint density at radius 1 is 0.920 bits per heavy atom. The van der Waals surface area contributed by atoms with Crippen molar-refractivity contribution in [2.24, 2.45) is 16.3 Å². The van der Waals surface area contributed by atoms with Gasteiger partial charge in [0.1, 0.15) is 0 Å². The van der Waals surface area contributed by atoms with Crippen LogP contribution in [-0.4, -0.2) is 12.3 Å². The first-order valence-corrected chi connectivity index (χ1v) is 11.8. The van der Waals surface area contributed by atoms with Gasteiger partial charge in [-0.1, -0.05) is 98.3 Å². The topological polar surface area (TPSA) is 12.4 Å². The molecule has 0 aromatic heterocycles. The maximum Gasteiger partial charge on any atom is 0.0524 e. The third-order valence-electron chi connectivity index (χ3n) is 6.69. The molecule has 1 aliphatic heterocycles. The van der Waals surface area contributed by atoms with Crippen LogP contribution in [0.15, 0.2) is 4.99 Å². The molecule has 1 nitrogen and oxygen atoms in total. The van der Waals surface area contributed by atoms with Gasteiger partial charge in [-0.2, -0.15) is 0 Å². The van der Waals surface area contributed by atoms with Gasteiger partial charge in [0.05, 0.1) is 6.04 Å². The summed E-state index contributed by atoms with van der Waals surface area (Å²) in [5.41, 5.74) is 0.385. The molecule has 0 saturated heterocycles. The van der Waals surface area contributed by atoms with Gasteiger partial charge in [0.25, 0.3) is 0 Å². The van der Waals surface area contributed by atoms with Gasteiger partial charge in [0.2, 0.25) is 0 Å². The fourth-order valence-electron chi connectivity index (χ4n) is 4.59. The predicted octanol–water partition coefficient (Wildman–Crippen LogP) is 8.36. The van der Waals surface area contributed by atoms with Crippen molar-refractivity contribution in [3.63, 3.8) is 0 Å². The summed E-state index contributed by atoms with van der Waals surface area (Å²) in [7, 11) is 0. The fraction of sp³-hybridized carbons (Fsp3) is 0.958. The summed E-state index contributed by atoms with van der Waals surface area (Å²) < 4.78 is 0. The first kappa shape index (κ1) is 22.7. The molecule has 0 bridgehead atoms. The van der Waals surface area contributed by atoms with E-state index in [1.54, 1.807) is 0 Å². The van der Waals surface area contributed by atoms with Crippen LogP contribution in [-0.2, 0) is 0 Å². The van der Waals surface area contributed by atoms with Gasteiger partial charge in [-0.25, -0.2) is 0 Å². The van der Waals surface area contributed by atoms with Crippen molar-refractivity contribution in [1.29, 1.82) is 0 Å². The summed E-state index contributed by atoms with van der Waals surface area (Å²) in [6.07, 6.45) is 24.4. The van der Waals surface area contributed by atoms with Crippen LogP contribution in [0.2, 0.25) is 0 Å². The predicted molar refractivity (Wildman–Crippen MR) is 115 cm³/mol. The Morgan fingerprint density at radius 2 is 1.60 bits per heavy atom. The lowest BCUT2D eigenvalue weighted by Gasteiger charge is -2.31. The van der Waals surface area contributed by atoms with Gasteiger partial charge in [0, 0.05) is 11.6 Å². The lowest BCUT2D eigenvalue weighted by molar-refractivity contribution is 0.310. The Labute approximate surface area is 159 Å². The lowest BCUT2D eigenvalue weighted by Crippen LogP contribution is -2.26. The smallest absolute Gasteiger partial charge is 0.0524 e. The number of unbranched alkanes of at least 4 members (excludes halogenated alkanes) is 2. The summed E-state index contributed by atoms with van der Waals surface area (Å²) >= 11 is 0. The van der Waals surface area contributed by atoms with E-state index in [4.69, 9.17) is 4.99 Å². The molecule has 1 heterocycles. The maximum absolute atomic E-state index is 5.33. The van der Waals surface area contributed by atoms with Crippen molar-refractivity contribution in [2.75, 3.05) is 0 Å². The van der Waals surface area contributed by atoms with Gasteiger partial charge < -0.3 is 0 Å². The van der Waals surface area contributed by atoms with E-state index in [1.807, 2.05) is 0 Å². The number of hydrogen-bond acceptors (Lipinski definition) is 1. The molecule has 1 aliphatic rings. The molecule has 148 valence electrons. The molecule has 0 aromatic rings. The van der Waals surface area contributed by atoms with Gasteiger partial charge in [-0.05, 0) is 38.0 Å². The number of hydrogen-bond donors (Lipinski definition) is 0. The van der Waals surface area contributed by atoms with Crippen LogP contribution in [0.5, 0.6) is 0 Å². The third-order valence-corrected chi connectivity index (χ3v) is 6.69. The van der Waals surface area contributed by atoms with E-state index >= 15 is 0 Å². The monoisotopic (exact) mass is 349 g/mol. The van der Waals surface area contributed by atoms with Gasteiger partial charge in [-0.3, -0.25) is 4.99 Å². The summed E-state index contributed by atoms with van der Waals surface area (Å²) in [6.45, 7) is 9.44. The Bertz CT molecular complexity index is 335. The third kappa shape index (κ3) is 8.74. The van der Waals surface area contributed by atoms with Crippen LogP contribution >= 0.6 is 0 Å². The highest BCUT2D eigenvalue weighted by atomic mass is 14.8. The van der Waals surface area contributed by atoms with E-state index in [0.29, 0.717) is 11.5 Å². The van der Waals surface area contributed by atoms with Crippen LogP contribution in [0.3, 0.4) is 0 Å². The average Bonchev–Trinajstić information content (AvgIpc) is 2.63. The van der Waals surface area contributed by atoms with E-state index in [0.717, 1.165) is 5.92 Å². The Hall–Kier alpha value is -0.330. The summed E-state index contributed by atoms with van der Waals surface area (Å²) in [4.78, 5) is 5.33. The van der Waals surface area contributed by atoms with E-state index in [9.17, 15) is 0 Å². The molecule has 0 spiro atoms. The number of rotatable bonds is 9. The summed E-state index contributed by atoms with van der Waals surface area (Å²) in [5, 5.41) is 0. The highest BCUT2D eigenvalue weighted by Gasteiger charge is 2.27. The Kier molecular flexibility index (Phi) is 12.6. The van der Waals surface area contributed by atoms with Crippen LogP contribution in [0.25, 0.3) is 0 Å². The minimum atomic E-state index is 0.385. The maximum atomic E-state index is 5.33. The highest BCUT2D eigenvalue weighted by Crippen LogP contribution is 2.35. The minimum Gasteiger partial charge on any atom is -0.293 e. The van der Waals surface area contributed by atoms with Crippen LogP contribution in [0, 0.1) is 11.3 Å². The van der Waals surface area contributed by atoms with Crippen LogP contribution in [0.4, 0.5) is 0 Å². The van der Waals surface area contributed by atoms with Gasteiger partial charge in [-0.15, -0.1) is 0 Å². The van der Waals surface area contributed by atoms with Crippen molar-refractivity contribution in [2.45, 2.75) is 136 Å². The van der Waals surface area contributed by atoms with Crippen molar-refractivity contribution in [1.82, 2.24) is 0 Å². The van der Waals surface area contributed by atoms with Gasteiger partial charge in [0.15, 0.2) is 0 Å². The molecule has 0 N–H and O–H groups in total. The SMILES string of the molecule is CCCCC(CC)C1CCCCCCCCC(CC)(CCCC)C=N1. The lowest BCUT2D eigenvalue weighted by atomic mass is 9.76. The first-order chi connectivity index (χ1) is 12.2.